The van der Waals surface area contributed by atoms with Crippen LogP contribution in [0.5, 0.6) is 5.75 Å². The molecule has 7 heteroatoms. The smallest absolute Gasteiger partial charge is 0.267 e. The van der Waals surface area contributed by atoms with Gasteiger partial charge in [0, 0.05) is 37.3 Å². The van der Waals surface area contributed by atoms with E-state index in [1.165, 1.54) is 16.3 Å². The van der Waals surface area contributed by atoms with Gasteiger partial charge in [-0.2, -0.15) is 5.10 Å². The van der Waals surface area contributed by atoms with Gasteiger partial charge in [0.1, 0.15) is 12.3 Å². The Bertz CT molecular complexity index is 1110. The summed E-state index contributed by atoms with van der Waals surface area (Å²) >= 11 is 0. The number of hydrogen-bond donors (Lipinski definition) is 1. The number of hydrogen-bond acceptors (Lipinski definition) is 5. The summed E-state index contributed by atoms with van der Waals surface area (Å²) in [5.41, 5.74) is 2.44. The van der Waals surface area contributed by atoms with E-state index in [1.54, 1.807) is 13.2 Å². The van der Waals surface area contributed by atoms with E-state index in [9.17, 15) is 9.59 Å². The highest BCUT2D eigenvalue weighted by atomic mass is 16.5. The number of benzene rings is 2. The fourth-order valence-corrected chi connectivity index (χ4v) is 3.98. The lowest BCUT2D eigenvalue weighted by Crippen LogP contribution is -2.46. The van der Waals surface area contributed by atoms with E-state index in [0.29, 0.717) is 11.4 Å². The van der Waals surface area contributed by atoms with Crippen molar-refractivity contribution >= 4 is 5.91 Å². The Kier molecular flexibility index (Phi) is 6.97. The molecule has 0 spiro atoms. The summed E-state index contributed by atoms with van der Waals surface area (Å²) < 4.78 is 6.47. The lowest BCUT2D eigenvalue weighted by atomic mass is 10.0. The zero-order valence-corrected chi connectivity index (χ0v) is 18.2. The van der Waals surface area contributed by atoms with Crippen LogP contribution < -0.4 is 15.6 Å². The second-order valence-corrected chi connectivity index (χ2v) is 8.05. The van der Waals surface area contributed by atoms with E-state index >= 15 is 0 Å². The van der Waals surface area contributed by atoms with Crippen LogP contribution >= 0.6 is 0 Å². The van der Waals surface area contributed by atoms with Crippen LogP contribution in [-0.2, 0) is 17.9 Å². The van der Waals surface area contributed by atoms with Crippen molar-refractivity contribution < 1.29 is 9.53 Å². The summed E-state index contributed by atoms with van der Waals surface area (Å²) in [6.45, 7) is 2.70. The van der Waals surface area contributed by atoms with Crippen molar-refractivity contribution in [3.8, 4) is 17.0 Å². The monoisotopic (exact) mass is 432 g/mol. The van der Waals surface area contributed by atoms with Gasteiger partial charge in [0.15, 0.2) is 0 Å². The van der Waals surface area contributed by atoms with Crippen LogP contribution in [0.2, 0.25) is 0 Å². The molecule has 3 aromatic rings. The lowest BCUT2D eigenvalue weighted by Gasteiger charge is -2.32. The summed E-state index contributed by atoms with van der Waals surface area (Å²) in [4.78, 5) is 27.3. The molecule has 32 heavy (non-hydrogen) atoms. The van der Waals surface area contributed by atoms with Crippen LogP contribution in [0, 0.1) is 0 Å². The third kappa shape index (κ3) is 5.62. The summed E-state index contributed by atoms with van der Waals surface area (Å²) in [7, 11) is 1.60. The second-order valence-electron chi connectivity index (χ2n) is 8.05. The molecule has 2 heterocycles. The average molecular weight is 433 g/mol. The first kappa shape index (κ1) is 21.8. The predicted octanol–water partition coefficient (Wildman–Crippen LogP) is 2.70. The van der Waals surface area contributed by atoms with Crippen molar-refractivity contribution in [2.75, 3.05) is 20.2 Å². The number of likely N-dealkylation sites (tertiary alicyclic amines) is 1. The van der Waals surface area contributed by atoms with E-state index in [-0.39, 0.29) is 24.1 Å². The molecule has 0 aliphatic carbocycles. The summed E-state index contributed by atoms with van der Waals surface area (Å²) in [6, 6.07) is 21.1. The number of aromatic nitrogens is 2. The van der Waals surface area contributed by atoms with Crippen molar-refractivity contribution in [1.29, 1.82) is 0 Å². The maximum atomic E-state index is 12.6. The molecule has 1 amide bonds. The van der Waals surface area contributed by atoms with Crippen LogP contribution in [0.3, 0.4) is 0 Å². The number of carbonyl (C=O) groups is 1. The van der Waals surface area contributed by atoms with E-state index < -0.39 is 0 Å². The first-order chi connectivity index (χ1) is 15.6. The minimum absolute atomic E-state index is 0.0964. The van der Waals surface area contributed by atoms with Gasteiger partial charge in [-0.25, -0.2) is 4.68 Å². The Morgan fingerprint density at radius 2 is 1.84 bits per heavy atom. The zero-order chi connectivity index (χ0) is 22.3. The molecule has 7 nitrogen and oxygen atoms in total. The number of nitrogens with zero attached hydrogens (tertiary/aromatic N) is 3. The topological polar surface area (TPSA) is 76.5 Å². The highest BCUT2D eigenvalue weighted by molar-refractivity contribution is 5.76. The Labute approximate surface area is 187 Å². The van der Waals surface area contributed by atoms with E-state index in [4.69, 9.17) is 4.74 Å². The second kappa shape index (κ2) is 10.2. The maximum Gasteiger partial charge on any atom is 0.267 e. The summed E-state index contributed by atoms with van der Waals surface area (Å²) in [6.07, 6.45) is 1.79. The van der Waals surface area contributed by atoms with Crippen LogP contribution in [0.25, 0.3) is 11.3 Å². The van der Waals surface area contributed by atoms with Crippen LogP contribution in [0.15, 0.2) is 71.5 Å². The van der Waals surface area contributed by atoms with Gasteiger partial charge in [-0.05, 0) is 36.6 Å². The normalized spacial score (nSPS) is 14.8. The molecule has 0 unspecified atom stereocenters. The number of carbonyl (C=O) groups excluding carboxylic acids is 1. The maximum absolute atomic E-state index is 12.6. The van der Waals surface area contributed by atoms with E-state index in [2.05, 4.69) is 39.6 Å². The van der Waals surface area contributed by atoms with Crippen LogP contribution in [0.1, 0.15) is 18.4 Å². The zero-order valence-electron chi connectivity index (χ0n) is 18.2. The first-order valence-electron chi connectivity index (χ1n) is 10.9. The molecule has 1 aliphatic rings. The van der Waals surface area contributed by atoms with Gasteiger partial charge < -0.3 is 10.1 Å². The molecule has 0 bridgehead atoms. The van der Waals surface area contributed by atoms with Crippen LogP contribution in [0.4, 0.5) is 0 Å². The summed E-state index contributed by atoms with van der Waals surface area (Å²) in [5.74, 6) is 0.516. The van der Waals surface area contributed by atoms with Gasteiger partial charge in [0.25, 0.3) is 5.56 Å². The predicted molar refractivity (Wildman–Crippen MR) is 123 cm³/mol. The Balaban J connectivity index is 1.33. The van der Waals surface area contributed by atoms with Gasteiger partial charge in [0.2, 0.25) is 5.91 Å². The average Bonchev–Trinajstić information content (AvgIpc) is 2.82. The fourth-order valence-electron chi connectivity index (χ4n) is 3.98. The number of piperidine rings is 1. The van der Waals surface area contributed by atoms with Gasteiger partial charge in [-0.15, -0.1) is 0 Å². The standard InChI is InChI=1S/C25H28N4O3/c1-32-22-9-5-8-20(16-22)23-10-11-25(31)29(27-23)18-24(30)26-21-12-14-28(15-13-21)17-19-6-3-2-4-7-19/h2-11,16,21H,12-15,17-18H2,1H3,(H,26,30). The molecular weight excluding hydrogens is 404 g/mol. The fraction of sp³-hybridized carbons (Fsp3) is 0.320. The highest BCUT2D eigenvalue weighted by Crippen LogP contribution is 2.21. The van der Waals surface area contributed by atoms with Crippen molar-refractivity contribution in [1.82, 2.24) is 20.0 Å². The number of rotatable bonds is 7. The molecule has 0 saturated carbocycles. The molecule has 1 aromatic heterocycles. The van der Waals surface area contributed by atoms with Gasteiger partial charge in [-0.1, -0.05) is 42.5 Å². The van der Waals surface area contributed by atoms with E-state index in [1.807, 2.05) is 30.3 Å². The molecule has 1 fully saturated rings. The molecule has 1 N–H and O–H groups in total. The van der Waals surface area contributed by atoms with Gasteiger partial charge in [0.05, 0.1) is 12.8 Å². The van der Waals surface area contributed by atoms with Crippen molar-refractivity contribution in [2.24, 2.45) is 0 Å². The van der Waals surface area contributed by atoms with Crippen molar-refractivity contribution in [3.05, 3.63) is 82.6 Å². The quantitative estimate of drug-likeness (QED) is 0.621. The minimum atomic E-state index is -0.301. The lowest BCUT2D eigenvalue weighted by molar-refractivity contribution is -0.122. The van der Waals surface area contributed by atoms with Crippen LogP contribution in [-0.4, -0.2) is 46.8 Å². The van der Waals surface area contributed by atoms with Crippen molar-refractivity contribution in [3.63, 3.8) is 0 Å². The number of methoxy groups -OCH3 is 1. The minimum Gasteiger partial charge on any atom is -0.497 e. The summed E-state index contributed by atoms with van der Waals surface area (Å²) in [5, 5.41) is 7.46. The third-order valence-corrected chi connectivity index (χ3v) is 5.73. The molecular formula is C25H28N4O3. The molecule has 0 radical (unpaired) electrons. The molecule has 166 valence electrons. The molecule has 2 aromatic carbocycles. The molecule has 0 atom stereocenters. The van der Waals surface area contributed by atoms with Gasteiger partial charge in [-0.3, -0.25) is 14.5 Å². The number of nitrogens with one attached hydrogen (secondary N) is 1. The third-order valence-electron chi connectivity index (χ3n) is 5.73. The number of ether oxygens (including phenoxy) is 1. The SMILES string of the molecule is COc1cccc(-c2ccc(=O)n(CC(=O)NC3CCN(Cc4ccccc4)CC3)n2)c1. The number of amides is 1. The van der Waals surface area contributed by atoms with E-state index in [0.717, 1.165) is 38.0 Å². The molecule has 1 aliphatic heterocycles. The molecule has 1 saturated heterocycles. The van der Waals surface area contributed by atoms with Crippen molar-refractivity contribution in [2.45, 2.75) is 32.0 Å². The Morgan fingerprint density at radius 3 is 2.59 bits per heavy atom. The Morgan fingerprint density at radius 1 is 1.06 bits per heavy atom. The highest BCUT2D eigenvalue weighted by Gasteiger charge is 2.21. The first-order valence-corrected chi connectivity index (χ1v) is 10.9. The Hall–Kier alpha value is -3.45. The molecule has 4 rings (SSSR count). The largest absolute Gasteiger partial charge is 0.497 e. The van der Waals surface area contributed by atoms with Gasteiger partial charge >= 0.3 is 0 Å².